The second-order valence-electron chi connectivity index (χ2n) is 6.91. The van der Waals surface area contributed by atoms with Crippen molar-refractivity contribution in [3.05, 3.63) is 71.1 Å². The molecule has 0 fully saturated rings. The van der Waals surface area contributed by atoms with Crippen LogP contribution in [0.2, 0.25) is 0 Å². The van der Waals surface area contributed by atoms with Gasteiger partial charge in [0.1, 0.15) is 17.6 Å². The Morgan fingerprint density at radius 1 is 1.52 bits per heavy atom. The van der Waals surface area contributed by atoms with Crippen LogP contribution in [0.15, 0.2) is 48.6 Å². The molecular weight excluding hydrogens is 419 g/mol. The standard InChI is InChI=1S/C26H27FN4O2/c1-5-33-25-14-24-22(13-18(25)12-21(32)7-6-10-31(3)4)26(19(15-28)16-29-24)30-20-8-9-23(27)17(2)11-20/h6-9,11,13-14,16H,5,10,12H2,1-4H3,(H,29,30)/b7-6+/i1D3,3D3,5D2,6D,7D,8D,9D,11D. The van der Waals surface area contributed by atoms with Gasteiger partial charge >= 0.3 is 0 Å². The number of allylic oxidation sites excluding steroid dienone is 1. The molecule has 0 aliphatic carbocycles. The van der Waals surface area contributed by atoms with E-state index in [1.54, 1.807) is 0 Å². The number of carbonyl (C=O) groups is 1. The van der Waals surface area contributed by atoms with Crippen LogP contribution in [-0.4, -0.2) is 42.8 Å². The van der Waals surface area contributed by atoms with Crippen LogP contribution in [0.3, 0.4) is 0 Å². The molecule has 2 aromatic carbocycles. The molecule has 3 rings (SSSR count). The molecule has 7 heteroatoms. The maximum absolute atomic E-state index is 14.4. The van der Waals surface area contributed by atoms with E-state index in [4.69, 9.17) is 22.6 Å². The molecule has 0 aliphatic heterocycles. The highest BCUT2D eigenvalue weighted by Crippen LogP contribution is 2.34. The van der Waals surface area contributed by atoms with Gasteiger partial charge in [0.15, 0.2) is 5.78 Å². The zero-order valence-corrected chi connectivity index (χ0v) is 17.7. The Morgan fingerprint density at radius 3 is 3.12 bits per heavy atom. The maximum atomic E-state index is 14.4. The van der Waals surface area contributed by atoms with Gasteiger partial charge in [0.25, 0.3) is 0 Å². The molecule has 0 aliphatic rings. The molecule has 1 aromatic heterocycles. The summed E-state index contributed by atoms with van der Waals surface area (Å²) in [6, 6.07) is 0.585. The zero-order chi connectivity index (χ0) is 35.1. The number of hydrogen-bond donors (Lipinski definition) is 1. The lowest BCUT2D eigenvalue weighted by Gasteiger charge is -2.15. The zero-order valence-electron chi connectivity index (χ0n) is 30.7. The molecule has 1 N–H and O–H groups in total. The normalized spacial score (nSPS) is 18.7. The van der Waals surface area contributed by atoms with Gasteiger partial charge in [-0.25, -0.2) is 4.39 Å². The molecule has 0 atom stereocenters. The molecule has 0 saturated heterocycles. The van der Waals surface area contributed by atoms with Crippen LogP contribution in [0.5, 0.6) is 5.75 Å². The van der Waals surface area contributed by atoms with Gasteiger partial charge in [-0.15, -0.1) is 0 Å². The van der Waals surface area contributed by atoms with Gasteiger partial charge in [-0.05, 0) is 63.6 Å². The first-order chi connectivity index (χ1) is 21.0. The van der Waals surface area contributed by atoms with Gasteiger partial charge in [-0.1, -0.05) is 6.05 Å². The van der Waals surface area contributed by atoms with Crippen LogP contribution in [0.4, 0.5) is 15.8 Å². The Labute approximate surface area is 211 Å². The molecule has 0 spiro atoms. The molecule has 170 valence electrons. The summed E-state index contributed by atoms with van der Waals surface area (Å²) in [6.45, 7) is -8.57. The van der Waals surface area contributed by atoms with Crippen molar-refractivity contribution in [2.24, 2.45) is 0 Å². The average Bonchev–Trinajstić information content (AvgIpc) is 2.95. The van der Waals surface area contributed by atoms with Crippen molar-refractivity contribution < 1.29 is 31.7 Å². The van der Waals surface area contributed by atoms with E-state index >= 15 is 0 Å². The number of halogens is 1. The smallest absolute Gasteiger partial charge is 0.159 e. The van der Waals surface area contributed by atoms with Crippen molar-refractivity contribution in [1.82, 2.24) is 9.88 Å². The Balaban J connectivity index is 2.27. The van der Waals surface area contributed by atoms with Gasteiger partial charge in [0.05, 0.1) is 32.9 Å². The molecule has 0 amide bonds. The van der Waals surface area contributed by atoms with Crippen molar-refractivity contribution in [2.75, 3.05) is 32.4 Å². The monoisotopic (exact) mass is 459 g/mol. The minimum atomic E-state index is -3.30. The Kier molecular flexibility index (Phi) is 3.87. The number of nitrogens with one attached hydrogen (secondary N) is 1. The first kappa shape index (κ1) is 11.9. The van der Waals surface area contributed by atoms with Crippen molar-refractivity contribution in [1.29, 1.82) is 5.26 Å². The molecular formula is C26H27FN4O2. The lowest BCUT2D eigenvalue weighted by atomic mass is 10.0. The van der Waals surface area contributed by atoms with Gasteiger partial charge in [0, 0.05) is 50.1 Å². The van der Waals surface area contributed by atoms with Crippen molar-refractivity contribution in [3.8, 4) is 11.8 Å². The second-order valence-corrected chi connectivity index (χ2v) is 6.91. The number of rotatable bonds is 9. The number of ether oxygens (including phenoxy) is 1. The predicted molar refractivity (Wildman–Crippen MR) is 128 cm³/mol. The van der Waals surface area contributed by atoms with E-state index in [-0.39, 0.29) is 39.0 Å². The van der Waals surface area contributed by atoms with E-state index in [1.807, 2.05) is 6.07 Å². The lowest BCUT2D eigenvalue weighted by molar-refractivity contribution is -0.114. The average molecular weight is 460 g/mol. The quantitative estimate of drug-likeness (QED) is 0.457. The van der Waals surface area contributed by atoms with Crippen LogP contribution < -0.4 is 10.1 Å². The summed E-state index contributed by atoms with van der Waals surface area (Å²) in [4.78, 5) is 18.0. The SMILES string of the molecule is [2H]/C(CN(C)C([2H])([2H])[2H])=C(/[2H])C(=O)Cc1cc2c(Nc3c([2H])c([2H])c(F)c(C)c3[2H])c(C#N)cnc2cc1OC([2H])([2H])C([2H])([2H])[2H]. The number of nitrogens with zero attached hydrogens (tertiary/aromatic N) is 3. The van der Waals surface area contributed by atoms with Gasteiger partial charge in [-0.3, -0.25) is 9.78 Å². The summed E-state index contributed by atoms with van der Waals surface area (Å²) in [5, 5.41) is 12.5. The summed E-state index contributed by atoms with van der Waals surface area (Å²) in [6.07, 6.45) is 0.290. The highest BCUT2D eigenvalue weighted by Gasteiger charge is 2.16. The molecule has 0 radical (unpaired) electrons. The summed E-state index contributed by atoms with van der Waals surface area (Å²) in [5.74, 6) is -2.61. The van der Waals surface area contributed by atoms with Crippen molar-refractivity contribution in [2.45, 2.75) is 20.2 Å². The first-order valence-electron chi connectivity index (χ1n) is 16.0. The molecule has 1 heterocycles. The first-order valence-corrected chi connectivity index (χ1v) is 9.50. The topological polar surface area (TPSA) is 78.3 Å². The van der Waals surface area contributed by atoms with Gasteiger partial charge < -0.3 is 15.0 Å². The minimum Gasteiger partial charge on any atom is -0.494 e. The van der Waals surface area contributed by atoms with Gasteiger partial charge in [-0.2, -0.15) is 5.26 Å². The number of anilines is 2. The third kappa shape index (κ3) is 5.93. The maximum Gasteiger partial charge on any atom is 0.159 e. The van der Waals surface area contributed by atoms with Crippen LogP contribution in [0, 0.1) is 24.1 Å². The second kappa shape index (κ2) is 10.7. The van der Waals surface area contributed by atoms with Crippen LogP contribution >= 0.6 is 0 Å². The van der Waals surface area contributed by atoms with E-state index in [0.717, 1.165) is 24.2 Å². The minimum absolute atomic E-state index is 0.0136. The molecule has 3 aromatic rings. The highest BCUT2D eigenvalue weighted by atomic mass is 19.1. The molecule has 0 bridgehead atoms. The molecule has 33 heavy (non-hydrogen) atoms. The number of benzene rings is 2. The summed E-state index contributed by atoms with van der Waals surface area (Å²) in [5.41, 5.74) is -1.12. The fourth-order valence-electron chi connectivity index (χ4n) is 2.92. The van der Waals surface area contributed by atoms with Gasteiger partial charge in [0.2, 0.25) is 0 Å². The number of hydrogen-bond acceptors (Lipinski definition) is 6. The number of pyridine rings is 1. The summed E-state index contributed by atoms with van der Waals surface area (Å²) < 4.78 is 121. The number of likely N-dealkylation sites (N-methyl/N-ethyl adjacent to an activating group) is 1. The van der Waals surface area contributed by atoms with E-state index in [0.29, 0.717) is 0 Å². The predicted octanol–water partition coefficient (Wildman–Crippen LogP) is 4.93. The third-order valence-corrected chi connectivity index (χ3v) is 4.42. The van der Waals surface area contributed by atoms with Crippen molar-refractivity contribution >= 4 is 28.1 Å². The summed E-state index contributed by atoms with van der Waals surface area (Å²) >= 11 is 0. The van der Waals surface area contributed by atoms with Crippen LogP contribution in [0.1, 0.15) is 41.4 Å². The largest absolute Gasteiger partial charge is 0.494 e. The molecule has 6 nitrogen and oxygen atoms in total. The Hall–Kier alpha value is -3.76. The number of nitriles is 1. The van der Waals surface area contributed by atoms with E-state index in [1.165, 1.54) is 13.0 Å². The Morgan fingerprint density at radius 2 is 2.36 bits per heavy atom. The number of ketones is 1. The molecule has 0 saturated carbocycles. The van der Waals surface area contributed by atoms with E-state index in [9.17, 15) is 14.4 Å². The Bertz CT molecular complexity index is 1750. The van der Waals surface area contributed by atoms with Crippen LogP contribution in [-0.2, 0) is 11.2 Å². The number of aromatic nitrogens is 1. The van der Waals surface area contributed by atoms with E-state index in [2.05, 4.69) is 10.3 Å². The third-order valence-electron chi connectivity index (χ3n) is 4.42. The summed E-state index contributed by atoms with van der Waals surface area (Å²) in [7, 11) is 1.16. The van der Waals surface area contributed by atoms with Crippen LogP contribution in [0.25, 0.3) is 10.9 Å². The fourth-order valence-corrected chi connectivity index (χ4v) is 2.92. The number of carbonyl (C=O) groups excluding carboxylic acids is 1. The highest BCUT2D eigenvalue weighted by molar-refractivity contribution is 5.98. The number of fused-ring (bicyclic) bond motifs is 1. The molecule has 0 unspecified atom stereocenters. The lowest BCUT2D eigenvalue weighted by Crippen LogP contribution is -2.11. The fraction of sp³-hybridized carbons (Fsp3) is 0.269. The van der Waals surface area contributed by atoms with E-state index < -0.39 is 80.9 Å². The van der Waals surface area contributed by atoms with Crippen molar-refractivity contribution in [3.63, 3.8) is 0 Å².